The molecule has 0 radical (unpaired) electrons. The highest BCUT2D eigenvalue weighted by Crippen LogP contribution is 2.38. The molecule has 3 rings (SSSR count). The lowest BCUT2D eigenvalue weighted by molar-refractivity contribution is 0.134. The molecule has 2 N–H and O–H groups in total. The highest BCUT2D eigenvalue weighted by atomic mass is 16.5. The quantitative estimate of drug-likeness (QED) is 0.887. The van der Waals surface area contributed by atoms with Crippen LogP contribution in [0.2, 0.25) is 0 Å². The van der Waals surface area contributed by atoms with Crippen molar-refractivity contribution in [1.82, 2.24) is 4.90 Å². The summed E-state index contributed by atoms with van der Waals surface area (Å²) >= 11 is 0. The third-order valence-corrected chi connectivity index (χ3v) is 4.20. The molecular formula is C16H24N2O. The fraction of sp³-hybridized carbons (Fsp3) is 0.625. The van der Waals surface area contributed by atoms with Gasteiger partial charge in [-0.05, 0) is 45.3 Å². The Hall–Kier alpha value is -1.06. The molecule has 3 heteroatoms. The summed E-state index contributed by atoms with van der Waals surface area (Å²) in [6.07, 6.45) is 3.24. The SMILES string of the molecule is CC1(C)Cc2cccc(CN3CCC(N)CC3)c2O1. The zero-order valence-electron chi connectivity index (χ0n) is 12.0. The largest absolute Gasteiger partial charge is 0.487 e. The average molecular weight is 260 g/mol. The first-order valence-corrected chi connectivity index (χ1v) is 7.31. The van der Waals surface area contributed by atoms with Gasteiger partial charge in [-0.1, -0.05) is 18.2 Å². The van der Waals surface area contributed by atoms with Crippen molar-refractivity contribution in [1.29, 1.82) is 0 Å². The van der Waals surface area contributed by atoms with Crippen molar-refractivity contribution in [2.45, 2.75) is 51.3 Å². The highest BCUT2D eigenvalue weighted by Gasteiger charge is 2.31. The molecule has 0 aromatic heterocycles. The number of nitrogens with two attached hydrogens (primary N) is 1. The maximum absolute atomic E-state index is 6.14. The van der Waals surface area contributed by atoms with Gasteiger partial charge in [-0.15, -0.1) is 0 Å². The average Bonchev–Trinajstić information content (AvgIpc) is 2.67. The van der Waals surface area contributed by atoms with Gasteiger partial charge in [0.1, 0.15) is 11.4 Å². The summed E-state index contributed by atoms with van der Waals surface area (Å²) in [7, 11) is 0. The lowest BCUT2D eigenvalue weighted by Gasteiger charge is -2.30. The summed E-state index contributed by atoms with van der Waals surface area (Å²) < 4.78 is 6.14. The Bertz CT molecular complexity index is 462. The zero-order valence-corrected chi connectivity index (χ0v) is 12.0. The molecule has 0 amide bonds. The topological polar surface area (TPSA) is 38.5 Å². The lowest BCUT2D eigenvalue weighted by Crippen LogP contribution is -2.39. The molecule has 0 bridgehead atoms. The summed E-state index contributed by atoms with van der Waals surface area (Å²) in [5, 5.41) is 0. The Labute approximate surface area is 115 Å². The number of nitrogens with zero attached hydrogens (tertiary/aromatic N) is 1. The predicted octanol–water partition coefficient (Wildman–Crippen LogP) is 2.32. The number of hydrogen-bond acceptors (Lipinski definition) is 3. The minimum absolute atomic E-state index is 0.0529. The number of benzene rings is 1. The van der Waals surface area contributed by atoms with Gasteiger partial charge in [0.05, 0.1) is 0 Å². The highest BCUT2D eigenvalue weighted by molar-refractivity contribution is 5.45. The van der Waals surface area contributed by atoms with Crippen molar-refractivity contribution in [3.63, 3.8) is 0 Å². The van der Waals surface area contributed by atoms with Gasteiger partial charge in [-0.25, -0.2) is 0 Å². The first-order valence-electron chi connectivity index (χ1n) is 7.31. The van der Waals surface area contributed by atoms with Crippen molar-refractivity contribution < 1.29 is 4.74 Å². The molecular weight excluding hydrogens is 236 g/mol. The summed E-state index contributed by atoms with van der Waals surface area (Å²) in [6.45, 7) is 7.53. The van der Waals surface area contributed by atoms with Gasteiger partial charge in [0.15, 0.2) is 0 Å². The number of likely N-dealkylation sites (tertiary alicyclic amines) is 1. The van der Waals surface area contributed by atoms with Crippen LogP contribution in [0.4, 0.5) is 0 Å². The molecule has 1 aromatic rings. The molecule has 2 aliphatic heterocycles. The molecule has 1 saturated heterocycles. The van der Waals surface area contributed by atoms with E-state index < -0.39 is 0 Å². The van der Waals surface area contributed by atoms with E-state index >= 15 is 0 Å². The van der Waals surface area contributed by atoms with Gasteiger partial charge >= 0.3 is 0 Å². The van der Waals surface area contributed by atoms with Crippen LogP contribution in [-0.2, 0) is 13.0 Å². The van der Waals surface area contributed by atoms with E-state index in [4.69, 9.17) is 10.5 Å². The Balaban J connectivity index is 1.75. The van der Waals surface area contributed by atoms with Crippen molar-refractivity contribution >= 4 is 0 Å². The van der Waals surface area contributed by atoms with Gasteiger partial charge in [0, 0.05) is 24.6 Å². The number of rotatable bonds is 2. The minimum Gasteiger partial charge on any atom is -0.487 e. The van der Waals surface area contributed by atoms with Crippen LogP contribution < -0.4 is 10.5 Å². The number of para-hydroxylation sites is 1. The van der Waals surface area contributed by atoms with Gasteiger partial charge in [-0.3, -0.25) is 4.90 Å². The van der Waals surface area contributed by atoms with Crippen molar-refractivity contribution in [2.75, 3.05) is 13.1 Å². The third-order valence-electron chi connectivity index (χ3n) is 4.20. The molecule has 2 aliphatic rings. The minimum atomic E-state index is -0.0529. The first-order chi connectivity index (χ1) is 9.03. The lowest BCUT2D eigenvalue weighted by atomic mass is 10.00. The van der Waals surface area contributed by atoms with E-state index in [2.05, 4.69) is 36.9 Å². The zero-order chi connectivity index (χ0) is 13.5. The number of fused-ring (bicyclic) bond motifs is 1. The number of ether oxygens (including phenoxy) is 1. The maximum atomic E-state index is 6.14. The van der Waals surface area contributed by atoms with Crippen LogP contribution in [-0.4, -0.2) is 29.6 Å². The van der Waals surface area contributed by atoms with E-state index in [0.29, 0.717) is 6.04 Å². The van der Waals surface area contributed by atoms with Crippen LogP contribution in [0.15, 0.2) is 18.2 Å². The smallest absolute Gasteiger partial charge is 0.127 e. The second-order valence-electron chi connectivity index (χ2n) is 6.56. The first kappa shape index (κ1) is 12.9. The Kier molecular flexibility index (Phi) is 3.27. The van der Waals surface area contributed by atoms with Crippen LogP contribution in [0.3, 0.4) is 0 Å². The standard InChI is InChI=1S/C16H24N2O/c1-16(2)10-12-4-3-5-13(15(12)19-16)11-18-8-6-14(17)7-9-18/h3-5,14H,6-11,17H2,1-2H3. The molecule has 1 aromatic carbocycles. The van der Waals surface area contributed by atoms with Gasteiger partial charge in [0.2, 0.25) is 0 Å². The molecule has 0 aliphatic carbocycles. The van der Waals surface area contributed by atoms with Crippen molar-refractivity contribution in [3.8, 4) is 5.75 Å². The van der Waals surface area contributed by atoms with Gasteiger partial charge in [-0.2, -0.15) is 0 Å². The Morgan fingerprint density at radius 2 is 2.05 bits per heavy atom. The fourth-order valence-electron chi connectivity index (χ4n) is 3.16. The van der Waals surface area contributed by atoms with Crippen molar-refractivity contribution in [2.24, 2.45) is 5.73 Å². The van der Waals surface area contributed by atoms with Gasteiger partial charge in [0.25, 0.3) is 0 Å². The summed E-state index contributed by atoms with van der Waals surface area (Å²) in [4.78, 5) is 2.49. The molecule has 0 saturated carbocycles. The van der Waals surface area contributed by atoms with Crippen LogP contribution in [0, 0.1) is 0 Å². The third kappa shape index (κ3) is 2.77. The van der Waals surface area contributed by atoms with E-state index in [-0.39, 0.29) is 5.60 Å². The maximum Gasteiger partial charge on any atom is 0.127 e. The molecule has 0 unspecified atom stereocenters. The molecule has 0 spiro atoms. The van der Waals surface area contributed by atoms with E-state index in [9.17, 15) is 0 Å². The second-order valence-corrected chi connectivity index (χ2v) is 6.56. The van der Waals surface area contributed by atoms with E-state index in [1.165, 1.54) is 11.1 Å². The molecule has 0 atom stereocenters. The Morgan fingerprint density at radius 3 is 2.79 bits per heavy atom. The fourth-order valence-corrected chi connectivity index (χ4v) is 3.16. The molecule has 104 valence electrons. The van der Waals surface area contributed by atoms with E-state index in [1.807, 2.05) is 0 Å². The van der Waals surface area contributed by atoms with E-state index in [1.54, 1.807) is 0 Å². The normalized spacial score (nSPS) is 23.1. The second kappa shape index (κ2) is 4.80. The van der Waals surface area contributed by atoms with Crippen LogP contribution >= 0.6 is 0 Å². The summed E-state index contributed by atoms with van der Waals surface area (Å²) in [5.74, 6) is 1.13. The van der Waals surface area contributed by atoms with Crippen LogP contribution in [0.25, 0.3) is 0 Å². The van der Waals surface area contributed by atoms with Crippen LogP contribution in [0.5, 0.6) is 5.75 Å². The summed E-state index contributed by atoms with van der Waals surface area (Å²) in [6, 6.07) is 6.95. The number of piperidine rings is 1. The summed E-state index contributed by atoms with van der Waals surface area (Å²) in [5.41, 5.74) is 8.60. The van der Waals surface area contributed by atoms with Crippen LogP contribution in [0.1, 0.15) is 37.8 Å². The predicted molar refractivity (Wildman–Crippen MR) is 77.3 cm³/mol. The van der Waals surface area contributed by atoms with E-state index in [0.717, 1.165) is 44.6 Å². The number of hydrogen-bond donors (Lipinski definition) is 1. The molecule has 19 heavy (non-hydrogen) atoms. The molecule has 1 fully saturated rings. The van der Waals surface area contributed by atoms with Gasteiger partial charge < -0.3 is 10.5 Å². The monoisotopic (exact) mass is 260 g/mol. The molecule has 2 heterocycles. The van der Waals surface area contributed by atoms with Crippen molar-refractivity contribution in [3.05, 3.63) is 29.3 Å². The molecule has 3 nitrogen and oxygen atoms in total. The Morgan fingerprint density at radius 1 is 1.32 bits per heavy atom.